The summed E-state index contributed by atoms with van der Waals surface area (Å²) in [5, 5.41) is 3.64. The van der Waals surface area contributed by atoms with Gasteiger partial charge in [-0.15, -0.1) is 0 Å². The van der Waals surface area contributed by atoms with Crippen molar-refractivity contribution in [2.45, 2.75) is 45.6 Å². The second kappa shape index (κ2) is 5.44. The Balaban J connectivity index is 2.06. The lowest BCUT2D eigenvalue weighted by molar-refractivity contribution is 0.462. The van der Waals surface area contributed by atoms with Crippen LogP contribution < -0.4 is 5.32 Å². The molecule has 1 atom stereocenters. The largest absolute Gasteiger partial charge is 0.309 e. The van der Waals surface area contributed by atoms with Crippen LogP contribution >= 0.6 is 0 Å². The summed E-state index contributed by atoms with van der Waals surface area (Å²) in [6.07, 6.45) is 7.19. The molecule has 1 aliphatic rings. The van der Waals surface area contributed by atoms with Gasteiger partial charge < -0.3 is 5.32 Å². The number of hydrogen-bond donors (Lipinski definition) is 1. The van der Waals surface area contributed by atoms with Crippen LogP contribution in [0.15, 0.2) is 18.3 Å². The quantitative estimate of drug-likeness (QED) is 0.793. The maximum absolute atomic E-state index is 4.55. The number of hydrogen-bond acceptors (Lipinski definition) is 2. The van der Waals surface area contributed by atoms with Gasteiger partial charge in [0.25, 0.3) is 0 Å². The molecule has 0 aliphatic heterocycles. The molecule has 0 amide bonds. The van der Waals surface area contributed by atoms with E-state index in [-0.39, 0.29) is 0 Å². The number of aryl methyl sites for hydroxylation is 1. The molecule has 1 saturated carbocycles. The van der Waals surface area contributed by atoms with Crippen LogP contribution in [0.2, 0.25) is 0 Å². The molecular formula is C14H22N2. The first-order valence-corrected chi connectivity index (χ1v) is 6.46. The van der Waals surface area contributed by atoms with E-state index in [1.807, 2.05) is 12.3 Å². The zero-order chi connectivity index (χ0) is 11.4. The first kappa shape index (κ1) is 11.6. The zero-order valence-corrected chi connectivity index (χ0v) is 10.4. The van der Waals surface area contributed by atoms with Crippen molar-refractivity contribution in [1.82, 2.24) is 10.3 Å². The van der Waals surface area contributed by atoms with E-state index in [4.69, 9.17) is 0 Å². The third kappa shape index (κ3) is 3.05. The van der Waals surface area contributed by atoms with Gasteiger partial charge in [0.2, 0.25) is 0 Å². The van der Waals surface area contributed by atoms with Crippen molar-refractivity contribution in [3.63, 3.8) is 0 Å². The van der Waals surface area contributed by atoms with Crippen molar-refractivity contribution < 1.29 is 0 Å². The maximum atomic E-state index is 4.55. The fourth-order valence-corrected chi connectivity index (χ4v) is 2.16. The lowest BCUT2D eigenvalue weighted by Crippen LogP contribution is -2.24. The molecule has 1 fully saturated rings. The SMILES string of the molecule is CCCNC(CC1CC1)c1ncccc1C. The molecule has 1 aliphatic carbocycles. The molecule has 0 radical (unpaired) electrons. The summed E-state index contributed by atoms with van der Waals surface area (Å²) in [6.45, 7) is 5.47. The van der Waals surface area contributed by atoms with E-state index in [1.165, 1.54) is 36.9 Å². The molecule has 0 bridgehead atoms. The topological polar surface area (TPSA) is 24.9 Å². The first-order chi connectivity index (χ1) is 7.81. The van der Waals surface area contributed by atoms with Crippen LogP contribution in [0.4, 0.5) is 0 Å². The second-order valence-electron chi connectivity index (χ2n) is 4.89. The molecule has 0 saturated heterocycles. The standard InChI is InChI=1S/C14H22N2/c1-3-8-15-13(10-12-6-7-12)14-11(2)5-4-9-16-14/h4-5,9,12-13,15H,3,6-8,10H2,1-2H3. The van der Waals surface area contributed by atoms with Crippen LogP contribution in [0, 0.1) is 12.8 Å². The van der Waals surface area contributed by atoms with Gasteiger partial charge in [-0.3, -0.25) is 4.98 Å². The monoisotopic (exact) mass is 218 g/mol. The Labute approximate surface area is 98.5 Å². The van der Waals surface area contributed by atoms with Crippen LogP contribution in [-0.4, -0.2) is 11.5 Å². The van der Waals surface area contributed by atoms with Crippen LogP contribution in [0.5, 0.6) is 0 Å². The Hall–Kier alpha value is -0.890. The van der Waals surface area contributed by atoms with Crippen LogP contribution in [-0.2, 0) is 0 Å². The lowest BCUT2D eigenvalue weighted by Gasteiger charge is -2.19. The van der Waals surface area contributed by atoms with Crippen LogP contribution in [0.3, 0.4) is 0 Å². The average molecular weight is 218 g/mol. The van der Waals surface area contributed by atoms with Crippen molar-refractivity contribution in [1.29, 1.82) is 0 Å². The fourth-order valence-electron chi connectivity index (χ4n) is 2.16. The Kier molecular flexibility index (Phi) is 3.94. The van der Waals surface area contributed by atoms with E-state index in [0.29, 0.717) is 6.04 Å². The minimum Gasteiger partial charge on any atom is -0.309 e. The van der Waals surface area contributed by atoms with Gasteiger partial charge in [0.15, 0.2) is 0 Å². The predicted molar refractivity (Wildman–Crippen MR) is 67.3 cm³/mol. The summed E-state index contributed by atoms with van der Waals surface area (Å²) >= 11 is 0. The van der Waals surface area contributed by atoms with Gasteiger partial charge in [0, 0.05) is 6.20 Å². The molecule has 1 aromatic rings. The minimum absolute atomic E-state index is 0.466. The molecule has 1 heterocycles. The summed E-state index contributed by atoms with van der Waals surface area (Å²) in [6, 6.07) is 4.65. The van der Waals surface area contributed by atoms with E-state index >= 15 is 0 Å². The van der Waals surface area contributed by atoms with Crippen molar-refractivity contribution in [2.24, 2.45) is 5.92 Å². The van der Waals surface area contributed by atoms with Crippen molar-refractivity contribution in [3.8, 4) is 0 Å². The Morgan fingerprint density at radius 3 is 2.94 bits per heavy atom. The Bertz CT molecular complexity index is 331. The third-order valence-corrected chi connectivity index (χ3v) is 3.29. The number of nitrogens with zero attached hydrogens (tertiary/aromatic N) is 1. The van der Waals surface area contributed by atoms with Crippen LogP contribution in [0.1, 0.15) is 49.9 Å². The number of pyridine rings is 1. The summed E-state index contributed by atoms with van der Waals surface area (Å²) in [4.78, 5) is 4.55. The number of aromatic nitrogens is 1. The third-order valence-electron chi connectivity index (χ3n) is 3.29. The maximum Gasteiger partial charge on any atom is 0.0602 e. The van der Waals surface area contributed by atoms with Gasteiger partial charge in [-0.05, 0) is 43.9 Å². The van der Waals surface area contributed by atoms with Gasteiger partial charge in [-0.1, -0.05) is 25.8 Å². The molecule has 16 heavy (non-hydrogen) atoms. The molecule has 2 nitrogen and oxygen atoms in total. The average Bonchev–Trinajstić information content (AvgIpc) is 3.09. The number of rotatable bonds is 6. The van der Waals surface area contributed by atoms with Gasteiger partial charge in [0.1, 0.15) is 0 Å². The first-order valence-electron chi connectivity index (χ1n) is 6.46. The summed E-state index contributed by atoms with van der Waals surface area (Å²) in [7, 11) is 0. The number of nitrogens with one attached hydrogen (secondary N) is 1. The minimum atomic E-state index is 0.466. The smallest absolute Gasteiger partial charge is 0.0602 e. The van der Waals surface area contributed by atoms with E-state index in [1.54, 1.807) is 0 Å². The summed E-state index contributed by atoms with van der Waals surface area (Å²) in [5.74, 6) is 0.941. The lowest BCUT2D eigenvalue weighted by atomic mass is 10.0. The highest BCUT2D eigenvalue weighted by molar-refractivity contribution is 5.21. The molecular weight excluding hydrogens is 196 g/mol. The highest BCUT2D eigenvalue weighted by Crippen LogP contribution is 2.37. The van der Waals surface area contributed by atoms with Crippen molar-refractivity contribution >= 4 is 0 Å². The molecule has 1 aromatic heterocycles. The van der Waals surface area contributed by atoms with E-state index in [2.05, 4.69) is 30.2 Å². The van der Waals surface area contributed by atoms with Gasteiger partial charge in [-0.2, -0.15) is 0 Å². The molecule has 0 spiro atoms. The molecule has 88 valence electrons. The van der Waals surface area contributed by atoms with E-state index in [9.17, 15) is 0 Å². The second-order valence-corrected chi connectivity index (χ2v) is 4.89. The van der Waals surface area contributed by atoms with Crippen LogP contribution in [0.25, 0.3) is 0 Å². The van der Waals surface area contributed by atoms with Gasteiger partial charge in [0.05, 0.1) is 11.7 Å². The summed E-state index contributed by atoms with van der Waals surface area (Å²) in [5.41, 5.74) is 2.57. The van der Waals surface area contributed by atoms with Crippen molar-refractivity contribution in [2.75, 3.05) is 6.54 Å². The normalized spacial score (nSPS) is 17.4. The van der Waals surface area contributed by atoms with E-state index in [0.717, 1.165) is 12.5 Å². The van der Waals surface area contributed by atoms with Crippen molar-refractivity contribution in [3.05, 3.63) is 29.6 Å². The Morgan fingerprint density at radius 2 is 2.31 bits per heavy atom. The highest BCUT2D eigenvalue weighted by atomic mass is 14.9. The van der Waals surface area contributed by atoms with E-state index < -0.39 is 0 Å². The Morgan fingerprint density at radius 1 is 1.50 bits per heavy atom. The van der Waals surface area contributed by atoms with Gasteiger partial charge in [-0.25, -0.2) is 0 Å². The molecule has 1 unspecified atom stereocenters. The molecule has 2 rings (SSSR count). The molecule has 0 aromatic carbocycles. The zero-order valence-electron chi connectivity index (χ0n) is 10.4. The predicted octanol–water partition coefficient (Wildman–Crippen LogP) is 3.23. The van der Waals surface area contributed by atoms with Gasteiger partial charge >= 0.3 is 0 Å². The molecule has 2 heteroatoms. The fraction of sp³-hybridized carbons (Fsp3) is 0.643. The molecule has 1 N–H and O–H groups in total. The summed E-state index contributed by atoms with van der Waals surface area (Å²) < 4.78 is 0. The highest BCUT2D eigenvalue weighted by Gasteiger charge is 2.27.